The molecule has 2 aromatic rings. The molecule has 6 heteroatoms. The van der Waals surface area contributed by atoms with Gasteiger partial charge in [-0.25, -0.2) is 0 Å². The summed E-state index contributed by atoms with van der Waals surface area (Å²) in [6.45, 7) is 6.57. The Kier molecular flexibility index (Phi) is 5.53. The highest BCUT2D eigenvalue weighted by Crippen LogP contribution is 2.28. The number of aryl methyl sites for hydroxylation is 1. The Morgan fingerprint density at radius 2 is 1.70 bits per heavy atom. The Balaban J connectivity index is 1.29. The molecule has 138 valence electrons. The van der Waals surface area contributed by atoms with Crippen LogP contribution in [0.4, 0.5) is 5.82 Å². The van der Waals surface area contributed by atoms with E-state index in [0.717, 1.165) is 49.4 Å². The monoisotopic (exact) mass is 377 g/mol. The van der Waals surface area contributed by atoms with Crippen molar-refractivity contribution in [3.63, 3.8) is 0 Å². The molecule has 4 rings (SSSR count). The van der Waals surface area contributed by atoms with E-state index < -0.39 is 0 Å². The molecule has 1 fully saturated rings. The normalized spacial score (nSPS) is 19.1. The Bertz CT molecular complexity index is 850. The summed E-state index contributed by atoms with van der Waals surface area (Å²) < 4.78 is 0. The highest BCUT2D eigenvalue weighted by atomic mass is 32.2. The fourth-order valence-electron chi connectivity index (χ4n) is 3.10. The first-order valence-corrected chi connectivity index (χ1v) is 10.0. The van der Waals surface area contributed by atoms with Crippen LogP contribution >= 0.6 is 11.8 Å². The molecule has 2 aliphatic rings. The second-order valence-corrected chi connectivity index (χ2v) is 7.70. The molecule has 0 aliphatic carbocycles. The van der Waals surface area contributed by atoms with E-state index >= 15 is 0 Å². The van der Waals surface area contributed by atoms with Crippen molar-refractivity contribution in [2.24, 2.45) is 4.99 Å². The zero-order chi connectivity index (χ0) is 18.5. The van der Waals surface area contributed by atoms with Gasteiger partial charge in [0, 0.05) is 31.1 Å². The lowest BCUT2D eigenvalue weighted by atomic mass is 10.2. The van der Waals surface area contributed by atoms with Crippen LogP contribution in [0.1, 0.15) is 11.3 Å². The average molecular weight is 378 g/mol. The number of anilines is 1. The number of thioether (sulfide) groups is 1. The lowest BCUT2D eigenvalue weighted by Gasteiger charge is -2.35. The molecule has 27 heavy (non-hydrogen) atoms. The summed E-state index contributed by atoms with van der Waals surface area (Å²) in [5.74, 6) is 0.966. The fourth-order valence-corrected chi connectivity index (χ4v) is 4.05. The van der Waals surface area contributed by atoms with Crippen molar-refractivity contribution in [3.8, 4) is 0 Å². The molecule has 5 nitrogen and oxygen atoms in total. The zero-order valence-corrected chi connectivity index (χ0v) is 16.3. The molecular formula is C21H23N5S. The maximum Gasteiger partial charge on any atom is 0.164 e. The number of allylic oxidation sites excluding steroid dienone is 2. The van der Waals surface area contributed by atoms with E-state index in [2.05, 4.69) is 68.6 Å². The zero-order valence-electron chi connectivity index (χ0n) is 15.5. The van der Waals surface area contributed by atoms with Crippen LogP contribution in [-0.2, 0) is 0 Å². The van der Waals surface area contributed by atoms with Gasteiger partial charge in [-0.15, -0.1) is 5.10 Å². The van der Waals surface area contributed by atoms with Gasteiger partial charge in [-0.2, -0.15) is 5.10 Å². The van der Waals surface area contributed by atoms with Gasteiger partial charge in [0.2, 0.25) is 0 Å². The van der Waals surface area contributed by atoms with Crippen LogP contribution in [0, 0.1) is 6.92 Å². The van der Waals surface area contributed by atoms with E-state index in [1.807, 2.05) is 19.1 Å². The summed E-state index contributed by atoms with van der Waals surface area (Å²) in [6.07, 6.45) is 6.42. The van der Waals surface area contributed by atoms with Gasteiger partial charge in [0.1, 0.15) is 0 Å². The van der Waals surface area contributed by atoms with E-state index in [4.69, 9.17) is 4.99 Å². The van der Waals surface area contributed by atoms with E-state index in [9.17, 15) is 0 Å². The van der Waals surface area contributed by atoms with Crippen LogP contribution < -0.4 is 4.90 Å². The molecule has 0 spiro atoms. The van der Waals surface area contributed by atoms with Gasteiger partial charge in [-0.1, -0.05) is 60.3 Å². The van der Waals surface area contributed by atoms with Crippen LogP contribution in [0.5, 0.6) is 0 Å². The van der Waals surface area contributed by atoms with Crippen molar-refractivity contribution in [1.29, 1.82) is 0 Å². The third-order valence-corrected chi connectivity index (χ3v) is 5.72. The molecular weight excluding hydrogens is 354 g/mol. The number of aromatic nitrogens is 2. The first-order chi connectivity index (χ1) is 13.3. The van der Waals surface area contributed by atoms with Gasteiger partial charge in [0.25, 0.3) is 0 Å². The van der Waals surface area contributed by atoms with Crippen LogP contribution in [0.15, 0.2) is 64.5 Å². The molecule has 1 saturated heterocycles. The Morgan fingerprint density at radius 3 is 2.44 bits per heavy atom. The summed E-state index contributed by atoms with van der Waals surface area (Å²) in [4.78, 5) is 10.7. The van der Waals surface area contributed by atoms with E-state index in [1.165, 1.54) is 10.5 Å². The summed E-state index contributed by atoms with van der Waals surface area (Å²) in [7, 11) is 0. The maximum absolute atomic E-state index is 4.73. The molecule has 0 saturated carbocycles. The first kappa shape index (κ1) is 17.8. The van der Waals surface area contributed by atoms with E-state index in [-0.39, 0.29) is 0 Å². The number of nitrogens with zero attached hydrogens (tertiary/aromatic N) is 5. The number of rotatable bonds is 3. The SMILES string of the molecule is Cc1ccc(N2CCN(C3=NCC(=CC=Cc4ccccc4)S3)CC2)nn1. The van der Waals surface area contributed by atoms with Crippen molar-refractivity contribution < 1.29 is 0 Å². The Labute approximate surface area is 164 Å². The molecule has 3 heterocycles. The van der Waals surface area contributed by atoms with Crippen molar-refractivity contribution in [2.75, 3.05) is 37.6 Å². The molecule has 0 unspecified atom stereocenters. The van der Waals surface area contributed by atoms with E-state index in [1.54, 1.807) is 11.8 Å². The predicted octanol–water partition coefficient (Wildman–Crippen LogP) is 3.61. The molecule has 0 bridgehead atoms. The molecule has 0 amide bonds. The lowest BCUT2D eigenvalue weighted by Crippen LogP contribution is -2.48. The van der Waals surface area contributed by atoms with Crippen molar-refractivity contribution in [3.05, 3.63) is 70.8 Å². The van der Waals surface area contributed by atoms with Gasteiger partial charge in [-0.05, 0) is 24.6 Å². The molecule has 1 aromatic heterocycles. The number of amidine groups is 1. The summed E-state index contributed by atoms with van der Waals surface area (Å²) in [6, 6.07) is 14.4. The van der Waals surface area contributed by atoms with Gasteiger partial charge in [0.15, 0.2) is 11.0 Å². The molecule has 0 N–H and O–H groups in total. The summed E-state index contributed by atoms with van der Waals surface area (Å²) in [5.41, 5.74) is 2.17. The van der Waals surface area contributed by atoms with Gasteiger partial charge in [0.05, 0.1) is 12.2 Å². The van der Waals surface area contributed by atoms with E-state index in [0.29, 0.717) is 0 Å². The highest BCUT2D eigenvalue weighted by Gasteiger charge is 2.24. The van der Waals surface area contributed by atoms with Crippen LogP contribution in [0.25, 0.3) is 6.08 Å². The fraction of sp³-hybridized carbons (Fsp3) is 0.286. The minimum atomic E-state index is 0.781. The summed E-state index contributed by atoms with van der Waals surface area (Å²) in [5, 5.41) is 9.61. The maximum atomic E-state index is 4.73. The van der Waals surface area contributed by atoms with Crippen LogP contribution in [-0.4, -0.2) is 53.0 Å². The molecule has 2 aliphatic heterocycles. The van der Waals surface area contributed by atoms with Crippen molar-refractivity contribution >= 4 is 28.8 Å². The second kappa shape index (κ2) is 8.39. The Hall–Kier alpha value is -2.60. The minimum absolute atomic E-state index is 0.781. The van der Waals surface area contributed by atoms with Gasteiger partial charge < -0.3 is 9.80 Å². The molecule has 1 aromatic carbocycles. The number of hydrogen-bond donors (Lipinski definition) is 0. The van der Waals surface area contributed by atoms with Crippen molar-refractivity contribution in [2.45, 2.75) is 6.92 Å². The largest absolute Gasteiger partial charge is 0.352 e. The number of piperazine rings is 1. The highest BCUT2D eigenvalue weighted by molar-refractivity contribution is 8.17. The third kappa shape index (κ3) is 4.57. The smallest absolute Gasteiger partial charge is 0.164 e. The number of benzene rings is 1. The topological polar surface area (TPSA) is 44.6 Å². The van der Waals surface area contributed by atoms with Crippen LogP contribution in [0.3, 0.4) is 0 Å². The number of hydrogen-bond acceptors (Lipinski definition) is 6. The number of aliphatic imine (C=N–C) groups is 1. The van der Waals surface area contributed by atoms with Crippen molar-refractivity contribution in [1.82, 2.24) is 15.1 Å². The molecule has 0 radical (unpaired) electrons. The lowest BCUT2D eigenvalue weighted by molar-refractivity contribution is 0.390. The quantitative estimate of drug-likeness (QED) is 0.818. The summed E-state index contributed by atoms with van der Waals surface area (Å²) >= 11 is 1.79. The third-order valence-electron chi connectivity index (χ3n) is 4.62. The van der Waals surface area contributed by atoms with Gasteiger partial charge in [-0.3, -0.25) is 4.99 Å². The molecule has 0 atom stereocenters. The standard InChI is InChI=1S/C21H23N5S/c1-17-10-11-20(24-23-17)25-12-14-26(15-13-25)21-22-16-19(27-21)9-5-8-18-6-3-2-4-7-18/h2-11H,12-16H2,1H3. The Morgan fingerprint density at radius 1 is 0.926 bits per heavy atom. The average Bonchev–Trinajstić information content (AvgIpc) is 3.19. The predicted molar refractivity (Wildman–Crippen MR) is 114 cm³/mol. The first-order valence-electron chi connectivity index (χ1n) is 9.23. The second-order valence-electron chi connectivity index (χ2n) is 6.61. The van der Waals surface area contributed by atoms with Gasteiger partial charge >= 0.3 is 0 Å². The minimum Gasteiger partial charge on any atom is -0.352 e. The van der Waals surface area contributed by atoms with Crippen LogP contribution in [0.2, 0.25) is 0 Å².